The van der Waals surface area contributed by atoms with Gasteiger partial charge in [-0.1, -0.05) is 6.07 Å². The lowest BCUT2D eigenvalue weighted by Crippen LogP contribution is -2.29. The lowest BCUT2D eigenvalue weighted by Gasteiger charge is -2.15. The van der Waals surface area contributed by atoms with Gasteiger partial charge in [-0.05, 0) is 29.7 Å². The van der Waals surface area contributed by atoms with Crippen LogP contribution in [0, 0.1) is 0 Å². The summed E-state index contributed by atoms with van der Waals surface area (Å²) in [4.78, 5) is 4.07. The smallest absolute Gasteiger partial charge is 0.0544 e. The third-order valence-electron chi connectivity index (χ3n) is 2.37. The average molecular weight is 215 g/mol. The zero-order valence-corrected chi connectivity index (χ0v) is 8.74. The van der Waals surface area contributed by atoms with Crippen LogP contribution in [0.5, 0.6) is 0 Å². The quantitative estimate of drug-likeness (QED) is 0.577. The number of rotatable bonds is 4. The van der Waals surface area contributed by atoms with Crippen LogP contribution in [0.15, 0.2) is 43.0 Å². The number of nitrogens with two attached hydrogens (primary N) is 1. The molecule has 2 heterocycles. The maximum absolute atomic E-state index is 5.53. The van der Waals surface area contributed by atoms with Crippen molar-refractivity contribution in [1.82, 2.24) is 20.6 Å². The van der Waals surface area contributed by atoms with Gasteiger partial charge in [0.05, 0.1) is 12.2 Å². The van der Waals surface area contributed by atoms with Gasteiger partial charge in [-0.15, -0.1) is 0 Å². The number of hydrazine groups is 1. The van der Waals surface area contributed by atoms with Crippen LogP contribution in [-0.2, 0) is 6.42 Å². The summed E-state index contributed by atoms with van der Waals surface area (Å²) in [6.45, 7) is 0. The van der Waals surface area contributed by atoms with E-state index in [9.17, 15) is 0 Å². The first-order valence-corrected chi connectivity index (χ1v) is 5.02. The van der Waals surface area contributed by atoms with Gasteiger partial charge >= 0.3 is 0 Å². The van der Waals surface area contributed by atoms with Crippen LogP contribution in [0.2, 0.25) is 0 Å². The molecule has 0 fully saturated rings. The first kappa shape index (κ1) is 10.7. The Bertz CT molecular complexity index is 417. The summed E-state index contributed by atoms with van der Waals surface area (Å²) in [7, 11) is 0. The Balaban J connectivity index is 2.13. The summed E-state index contributed by atoms with van der Waals surface area (Å²) in [5, 5.41) is 7.57. The Morgan fingerprint density at radius 2 is 2.12 bits per heavy atom. The molecule has 0 spiro atoms. The number of hydrogen-bond acceptors (Lipinski definition) is 5. The van der Waals surface area contributed by atoms with Crippen LogP contribution in [0.4, 0.5) is 0 Å². The van der Waals surface area contributed by atoms with Crippen LogP contribution in [0.3, 0.4) is 0 Å². The lowest BCUT2D eigenvalue weighted by atomic mass is 10.0. The molecule has 1 unspecified atom stereocenters. The highest BCUT2D eigenvalue weighted by molar-refractivity contribution is 5.17. The summed E-state index contributed by atoms with van der Waals surface area (Å²) >= 11 is 0. The topological polar surface area (TPSA) is 76.7 Å². The molecule has 0 radical (unpaired) electrons. The van der Waals surface area contributed by atoms with E-state index in [4.69, 9.17) is 5.84 Å². The molecular weight excluding hydrogens is 202 g/mol. The van der Waals surface area contributed by atoms with Crippen molar-refractivity contribution in [3.8, 4) is 0 Å². The molecule has 0 aromatic carbocycles. The van der Waals surface area contributed by atoms with Crippen molar-refractivity contribution in [3.05, 3.63) is 54.1 Å². The molecule has 5 heteroatoms. The van der Waals surface area contributed by atoms with Gasteiger partial charge < -0.3 is 0 Å². The van der Waals surface area contributed by atoms with Crippen molar-refractivity contribution in [3.63, 3.8) is 0 Å². The summed E-state index contributed by atoms with van der Waals surface area (Å²) in [6, 6.07) is 5.85. The van der Waals surface area contributed by atoms with E-state index >= 15 is 0 Å². The van der Waals surface area contributed by atoms with Crippen LogP contribution < -0.4 is 11.3 Å². The van der Waals surface area contributed by atoms with E-state index in [0.29, 0.717) is 0 Å². The van der Waals surface area contributed by atoms with Crippen molar-refractivity contribution in [2.75, 3.05) is 0 Å². The van der Waals surface area contributed by atoms with Crippen molar-refractivity contribution in [2.24, 2.45) is 5.84 Å². The largest absolute Gasteiger partial charge is 0.271 e. The van der Waals surface area contributed by atoms with E-state index in [1.54, 1.807) is 18.6 Å². The molecule has 0 bridgehead atoms. The molecule has 0 aliphatic carbocycles. The van der Waals surface area contributed by atoms with Gasteiger partial charge in [0.2, 0.25) is 0 Å². The Labute approximate surface area is 93.7 Å². The summed E-state index contributed by atoms with van der Waals surface area (Å²) in [5.74, 6) is 5.53. The SMILES string of the molecule is NNC(Cc1cccnc1)c1ccnnc1. The van der Waals surface area contributed by atoms with E-state index < -0.39 is 0 Å². The molecule has 0 amide bonds. The highest BCUT2D eigenvalue weighted by atomic mass is 15.2. The fourth-order valence-electron chi connectivity index (χ4n) is 1.53. The van der Waals surface area contributed by atoms with Crippen LogP contribution >= 0.6 is 0 Å². The minimum absolute atomic E-state index is 0.0275. The second-order valence-electron chi connectivity index (χ2n) is 3.46. The van der Waals surface area contributed by atoms with Crippen molar-refractivity contribution in [2.45, 2.75) is 12.5 Å². The second kappa shape index (κ2) is 5.29. The Morgan fingerprint density at radius 3 is 2.75 bits per heavy atom. The van der Waals surface area contributed by atoms with E-state index in [1.807, 2.05) is 24.4 Å². The molecule has 2 rings (SSSR count). The zero-order chi connectivity index (χ0) is 11.2. The minimum atomic E-state index is 0.0275. The van der Waals surface area contributed by atoms with E-state index in [2.05, 4.69) is 20.6 Å². The fraction of sp³-hybridized carbons (Fsp3) is 0.182. The van der Waals surface area contributed by atoms with E-state index in [0.717, 1.165) is 17.5 Å². The molecule has 1 atom stereocenters. The number of aromatic nitrogens is 3. The number of pyridine rings is 1. The number of nitrogens with zero attached hydrogens (tertiary/aromatic N) is 3. The lowest BCUT2D eigenvalue weighted by molar-refractivity contribution is 0.548. The van der Waals surface area contributed by atoms with Gasteiger partial charge in [0, 0.05) is 18.6 Å². The minimum Gasteiger partial charge on any atom is -0.271 e. The molecule has 3 N–H and O–H groups in total. The molecule has 2 aromatic heterocycles. The Kier molecular flexibility index (Phi) is 3.53. The average Bonchev–Trinajstić information content (AvgIpc) is 2.38. The highest BCUT2D eigenvalue weighted by Crippen LogP contribution is 2.15. The predicted octanol–water partition coefficient (Wildman–Crippen LogP) is 0.619. The molecular formula is C11H13N5. The standard InChI is InChI=1S/C11H13N5/c12-16-11(10-3-5-14-15-8-10)6-9-2-1-4-13-7-9/h1-5,7-8,11,16H,6,12H2. The maximum Gasteiger partial charge on any atom is 0.0544 e. The zero-order valence-electron chi connectivity index (χ0n) is 8.74. The van der Waals surface area contributed by atoms with Crippen molar-refractivity contribution >= 4 is 0 Å². The predicted molar refractivity (Wildman–Crippen MR) is 60.0 cm³/mol. The molecule has 82 valence electrons. The van der Waals surface area contributed by atoms with E-state index in [-0.39, 0.29) is 6.04 Å². The van der Waals surface area contributed by atoms with Crippen LogP contribution in [0.25, 0.3) is 0 Å². The Hall–Kier alpha value is -1.85. The van der Waals surface area contributed by atoms with E-state index in [1.165, 1.54) is 0 Å². The van der Waals surface area contributed by atoms with Gasteiger partial charge in [0.15, 0.2) is 0 Å². The molecule has 16 heavy (non-hydrogen) atoms. The molecule has 0 saturated heterocycles. The number of nitrogens with one attached hydrogen (secondary N) is 1. The molecule has 0 saturated carbocycles. The summed E-state index contributed by atoms with van der Waals surface area (Å²) < 4.78 is 0. The molecule has 5 nitrogen and oxygen atoms in total. The van der Waals surface area contributed by atoms with Gasteiger partial charge in [-0.25, -0.2) is 0 Å². The van der Waals surface area contributed by atoms with Crippen molar-refractivity contribution < 1.29 is 0 Å². The first-order chi connectivity index (χ1) is 7.90. The van der Waals surface area contributed by atoms with Gasteiger partial charge in [0.1, 0.15) is 0 Å². The first-order valence-electron chi connectivity index (χ1n) is 5.02. The normalized spacial score (nSPS) is 12.3. The summed E-state index contributed by atoms with van der Waals surface area (Å²) in [6.07, 6.45) is 7.72. The van der Waals surface area contributed by atoms with Crippen LogP contribution in [-0.4, -0.2) is 15.2 Å². The van der Waals surface area contributed by atoms with Gasteiger partial charge in [-0.3, -0.25) is 16.3 Å². The maximum atomic E-state index is 5.53. The fourth-order valence-corrected chi connectivity index (χ4v) is 1.53. The molecule has 2 aromatic rings. The molecule has 0 aliphatic heterocycles. The third kappa shape index (κ3) is 2.59. The molecule has 0 aliphatic rings. The van der Waals surface area contributed by atoms with Crippen LogP contribution in [0.1, 0.15) is 17.2 Å². The second-order valence-corrected chi connectivity index (χ2v) is 3.46. The van der Waals surface area contributed by atoms with Gasteiger partial charge in [0.25, 0.3) is 0 Å². The highest BCUT2D eigenvalue weighted by Gasteiger charge is 2.10. The summed E-state index contributed by atoms with van der Waals surface area (Å²) in [5.41, 5.74) is 4.91. The monoisotopic (exact) mass is 215 g/mol. The Morgan fingerprint density at radius 1 is 1.19 bits per heavy atom. The number of hydrogen-bond donors (Lipinski definition) is 2. The van der Waals surface area contributed by atoms with Crippen molar-refractivity contribution in [1.29, 1.82) is 0 Å². The van der Waals surface area contributed by atoms with Gasteiger partial charge in [-0.2, -0.15) is 10.2 Å². The third-order valence-corrected chi connectivity index (χ3v) is 2.37.